The average molecular weight is 577 g/mol. The fraction of sp³-hybridized carbons (Fsp3) is 0.103. The van der Waals surface area contributed by atoms with Crippen molar-refractivity contribution in [2.75, 3.05) is 4.31 Å². The van der Waals surface area contributed by atoms with Crippen molar-refractivity contribution in [1.29, 1.82) is 0 Å². The molecular formula is C29H25ClN4O5S. The molecule has 0 heterocycles. The van der Waals surface area contributed by atoms with E-state index in [1.165, 1.54) is 16.4 Å². The van der Waals surface area contributed by atoms with Gasteiger partial charge in [0, 0.05) is 28.3 Å². The zero-order chi connectivity index (χ0) is 28.9. The number of carbonyl (C=O) groups is 1. The number of hydrogen-bond acceptors (Lipinski definition) is 6. The van der Waals surface area contributed by atoms with Crippen LogP contribution in [0.5, 0.6) is 0 Å². The van der Waals surface area contributed by atoms with E-state index in [1.807, 2.05) is 6.92 Å². The van der Waals surface area contributed by atoms with Crippen molar-refractivity contribution in [3.05, 3.63) is 134 Å². The van der Waals surface area contributed by atoms with Gasteiger partial charge in [-0.3, -0.25) is 19.2 Å². The van der Waals surface area contributed by atoms with Gasteiger partial charge in [0.2, 0.25) is 0 Å². The molecule has 9 nitrogen and oxygen atoms in total. The first-order chi connectivity index (χ1) is 19.0. The number of benzene rings is 4. The second kappa shape index (κ2) is 12.1. The molecule has 0 fully saturated rings. The summed E-state index contributed by atoms with van der Waals surface area (Å²) in [5, 5.41) is 15.5. The minimum absolute atomic E-state index is 0.00248. The van der Waals surface area contributed by atoms with Crippen molar-refractivity contribution in [3.63, 3.8) is 0 Å². The number of carbonyl (C=O) groups excluding carboxylic acids is 1. The molecule has 0 saturated carbocycles. The first kappa shape index (κ1) is 28.5. The Labute approximate surface area is 236 Å². The van der Waals surface area contributed by atoms with Gasteiger partial charge >= 0.3 is 0 Å². The lowest BCUT2D eigenvalue weighted by Crippen LogP contribution is -2.30. The smallest absolute Gasteiger partial charge is 0.267 e. The number of nitro groups is 1. The van der Waals surface area contributed by atoms with E-state index < -0.39 is 20.9 Å². The summed E-state index contributed by atoms with van der Waals surface area (Å²) < 4.78 is 28.5. The molecule has 4 rings (SSSR count). The molecule has 0 aromatic heterocycles. The maximum Gasteiger partial charge on any atom is 0.271 e. The Bertz CT molecular complexity index is 1690. The number of nitro benzene ring substituents is 1. The van der Waals surface area contributed by atoms with Gasteiger partial charge in [-0.05, 0) is 61.9 Å². The Balaban J connectivity index is 1.54. The largest absolute Gasteiger partial charge is 0.271 e. The quantitative estimate of drug-likeness (QED) is 0.146. The fourth-order valence-corrected chi connectivity index (χ4v) is 5.45. The van der Waals surface area contributed by atoms with Crippen molar-refractivity contribution in [1.82, 2.24) is 5.43 Å². The minimum Gasteiger partial charge on any atom is -0.267 e. The normalized spacial score (nSPS) is 11.6. The molecule has 0 aliphatic carbocycles. The van der Waals surface area contributed by atoms with Crippen LogP contribution in [0.25, 0.3) is 0 Å². The van der Waals surface area contributed by atoms with Crippen LogP contribution in [0.4, 0.5) is 11.4 Å². The Hall–Kier alpha value is -4.54. The molecule has 0 bridgehead atoms. The summed E-state index contributed by atoms with van der Waals surface area (Å²) in [5.74, 6) is -0.490. The van der Waals surface area contributed by atoms with E-state index in [4.69, 9.17) is 11.6 Å². The molecule has 204 valence electrons. The van der Waals surface area contributed by atoms with E-state index in [-0.39, 0.29) is 17.1 Å². The van der Waals surface area contributed by atoms with Gasteiger partial charge in [-0.25, -0.2) is 13.8 Å². The summed E-state index contributed by atoms with van der Waals surface area (Å²) in [4.78, 5) is 23.3. The van der Waals surface area contributed by atoms with Crippen LogP contribution in [0.3, 0.4) is 0 Å². The Morgan fingerprint density at radius 2 is 1.62 bits per heavy atom. The van der Waals surface area contributed by atoms with Crippen LogP contribution >= 0.6 is 11.6 Å². The molecule has 0 aliphatic rings. The monoisotopic (exact) mass is 576 g/mol. The number of rotatable bonds is 9. The lowest BCUT2D eigenvalue weighted by molar-refractivity contribution is -0.384. The number of hydrazone groups is 1. The topological polar surface area (TPSA) is 122 Å². The highest BCUT2D eigenvalue weighted by molar-refractivity contribution is 7.92. The highest BCUT2D eigenvalue weighted by Crippen LogP contribution is 2.28. The lowest BCUT2D eigenvalue weighted by atomic mass is 10.1. The second-order valence-corrected chi connectivity index (χ2v) is 11.2. The Morgan fingerprint density at radius 3 is 2.27 bits per heavy atom. The fourth-order valence-electron chi connectivity index (χ4n) is 3.82. The molecule has 1 amide bonds. The van der Waals surface area contributed by atoms with Crippen LogP contribution in [-0.2, 0) is 16.6 Å². The van der Waals surface area contributed by atoms with Gasteiger partial charge in [-0.15, -0.1) is 0 Å². The zero-order valence-corrected chi connectivity index (χ0v) is 23.2. The van der Waals surface area contributed by atoms with Gasteiger partial charge in [0.05, 0.1) is 27.8 Å². The third-order valence-corrected chi connectivity index (χ3v) is 8.07. The van der Waals surface area contributed by atoms with Crippen LogP contribution in [0, 0.1) is 17.0 Å². The third kappa shape index (κ3) is 6.71. The molecule has 1 N–H and O–H groups in total. The van der Waals surface area contributed by atoms with Gasteiger partial charge < -0.3 is 0 Å². The zero-order valence-electron chi connectivity index (χ0n) is 21.6. The van der Waals surface area contributed by atoms with Crippen LogP contribution < -0.4 is 9.73 Å². The van der Waals surface area contributed by atoms with Crippen LogP contribution in [0.15, 0.2) is 107 Å². The predicted octanol–water partition coefficient (Wildman–Crippen LogP) is 6.11. The predicted molar refractivity (Wildman–Crippen MR) is 155 cm³/mol. The number of hydrogen-bond donors (Lipinski definition) is 1. The molecule has 0 unspecified atom stereocenters. The van der Waals surface area contributed by atoms with Gasteiger partial charge in [0.15, 0.2) is 0 Å². The Morgan fingerprint density at radius 1 is 0.950 bits per heavy atom. The van der Waals surface area contributed by atoms with Crippen molar-refractivity contribution < 1.29 is 18.1 Å². The van der Waals surface area contributed by atoms with E-state index in [0.717, 1.165) is 5.56 Å². The summed E-state index contributed by atoms with van der Waals surface area (Å²) in [6.45, 7) is 3.51. The number of non-ortho nitro benzene ring substituents is 1. The molecule has 0 aliphatic heterocycles. The number of aryl methyl sites for hydroxylation is 1. The van der Waals surface area contributed by atoms with Crippen LogP contribution in [0.1, 0.15) is 34.0 Å². The lowest BCUT2D eigenvalue weighted by Gasteiger charge is -2.25. The van der Waals surface area contributed by atoms with Crippen LogP contribution in [0.2, 0.25) is 5.02 Å². The van der Waals surface area contributed by atoms with Crippen molar-refractivity contribution >= 4 is 44.6 Å². The van der Waals surface area contributed by atoms with E-state index in [1.54, 1.807) is 91.9 Å². The van der Waals surface area contributed by atoms with E-state index in [2.05, 4.69) is 10.5 Å². The highest BCUT2D eigenvalue weighted by atomic mass is 35.5. The maximum atomic E-state index is 13.6. The van der Waals surface area contributed by atoms with E-state index >= 15 is 0 Å². The van der Waals surface area contributed by atoms with Crippen molar-refractivity contribution in [2.24, 2.45) is 5.10 Å². The number of amides is 1. The molecule has 0 atom stereocenters. The summed E-state index contributed by atoms with van der Waals surface area (Å²) in [6.07, 6.45) is 0. The van der Waals surface area contributed by atoms with Gasteiger partial charge in [0.1, 0.15) is 0 Å². The molecule has 40 heavy (non-hydrogen) atoms. The minimum atomic E-state index is -3.93. The van der Waals surface area contributed by atoms with Crippen LogP contribution in [-0.4, -0.2) is 25.0 Å². The van der Waals surface area contributed by atoms with E-state index in [9.17, 15) is 23.3 Å². The SMILES string of the molecule is C/C(=N/NC(=O)c1ccc(CN(c2cccc(Cl)c2)S(=O)(=O)c2ccc(C)cc2)cc1)c1cccc([N+](=O)[O-])c1. The van der Waals surface area contributed by atoms with Gasteiger partial charge in [0.25, 0.3) is 21.6 Å². The first-order valence-electron chi connectivity index (χ1n) is 12.1. The second-order valence-electron chi connectivity index (χ2n) is 8.95. The van der Waals surface area contributed by atoms with Crippen molar-refractivity contribution in [3.8, 4) is 0 Å². The third-order valence-electron chi connectivity index (χ3n) is 6.05. The van der Waals surface area contributed by atoms with Gasteiger partial charge in [-0.1, -0.05) is 59.6 Å². The summed E-state index contributed by atoms with van der Waals surface area (Å²) in [7, 11) is -3.93. The molecule has 0 spiro atoms. The molecule has 4 aromatic carbocycles. The van der Waals surface area contributed by atoms with Gasteiger partial charge in [-0.2, -0.15) is 5.10 Å². The number of nitrogens with zero attached hydrogens (tertiary/aromatic N) is 3. The molecular weight excluding hydrogens is 552 g/mol. The number of anilines is 1. The first-order valence-corrected chi connectivity index (χ1v) is 13.9. The summed E-state index contributed by atoms with van der Waals surface area (Å²) >= 11 is 6.17. The summed E-state index contributed by atoms with van der Waals surface area (Å²) in [5.41, 5.74) is 5.55. The molecule has 0 radical (unpaired) electrons. The number of halogens is 1. The number of sulfonamides is 1. The molecule has 4 aromatic rings. The average Bonchev–Trinajstić information content (AvgIpc) is 2.95. The van der Waals surface area contributed by atoms with Crippen molar-refractivity contribution in [2.45, 2.75) is 25.3 Å². The molecule has 11 heteroatoms. The summed E-state index contributed by atoms with van der Waals surface area (Å²) in [6, 6.07) is 25.6. The highest BCUT2D eigenvalue weighted by Gasteiger charge is 2.25. The maximum absolute atomic E-state index is 13.6. The Kier molecular flexibility index (Phi) is 8.61. The number of nitrogens with one attached hydrogen (secondary N) is 1. The molecule has 0 saturated heterocycles. The standard InChI is InChI=1S/C29H25ClN4O5S/c1-20-9-15-28(16-10-20)40(38,39)33(26-7-4-6-25(30)18-26)19-22-11-13-23(14-12-22)29(35)32-31-21(2)24-5-3-8-27(17-24)34(36)37/h3-18H,19H2,1-2H3,(H,32,35)/b31-21-. The van der Waals surface area contributed by atoms with E-state index in [0.29, 0.717) is 33.1 Å².